The fourth-order valence-corrected chi connectivity index (χ4v) is 5.64. The standard InChI is InChI=1S/C33H34N2O4S/c1-23-9-17-29(18-10-23)35(40(38,39)30-19-11-24(2)12-20-30)22-31(36)34-28-8-6-7-26(21-28)32(37)25-13-15-27(16-14-25)33(3,4)5/h6-21H,22H2,1-5H3,(H,34,36). The number of nitrogens with zero attached hydrogens (tertiary/aromatic N) is 1. The molecule has 0 aliphatic rings. The van der Waals surface area contributed by atoms with Gasteiger partial charge in [-0.25, -0.2) is 8.42 Å². The number of rotatable bonds is 8. The van der Waals surface area contributed by atoms with E-state index >= 15 is 0 Å². The first kappa shape index (κ1) is 28.8. The van der Waals surface area contributed by atoms with Gasteiger partial charge in [0.15, 0.2) is 5.78 Å². The number of hydrogen-bond acceptors (Lipinski definition) is 4. The third kappa shape index (κ3) is 6.66. The quantitative estimate of drug-likeness (QED) is 0.247. The molecule has 4 aromatic carbocycles. The van der Waals surface area contributed by atoms with Crippen molar-refractivity contribution in [3.63, 3.8) is 0 Å². The van der Waals surface area contributed by atoms with Crippen LogP contribution in [0.25, 0.3) is 0 Å². The minimum absolute atomic E-state index is 0.0226. The number of hydrogen-bond donors (Lipinski definition) is 1. The Bertz CT molecular complexity index is 1620. The minimum atomic E-state index is -4.02. The summed E-state index contributed by atoms with van der Waals surface area (Å²) in [6.07, 6.45) is 0. The molecule has 0 heterocycles. The fraction of sp³-hybridized carbons (Fsp3) is 0.212. The van der Waals surface area contributed by atoms with Gasteiger partial charge < -0.3 is 5.32 Å². The van der Waals surface area contributed by atoms with Gasteiger partial charge in [0.2, 0.25) is 5.91 Å². The van der Waals surface area contributed by atoms with Crippen LogP contribution in [0.15, 0.2) is 102 Å². The Labute approximate surface area is 236 Å². The van der Waals surface area contributed by atoms with Crippen molar-refractivity contribution in [2.24, 2.45) is 0 Å². The number of carbonyl (C=O) groups excluding carboxylic acids is 2. The zero-order chi connectivity index (χ0) is 29.1. The molecule has 6 nitrogen and oxygen atoms in total. The Hall–Kier alpha value is -4.23. The molecule has 7 heteroatoms. The van der Waals surface area contributed by atoms with Crippen LogP contribution >= 0.6 is 0 Å². The summed E-state index contributed by atoms with van der Waals surface area (Å²) in [6, 6.07) is 27.6. The molecule has 0 atom stereocenters. The van der Waals surface area contributed by atoms with E-state index in [9.17, 15) is 18.0 Å². The smallest absolute Gasteiger partial charge is 0.264 e. The summed E-state index contributed by atoms with van der Waals surface area (Å²) < 4.78 is 28.3. The van der Waals surface area contributed by atoms with Crippen molar-refractivity contribution in [2.45, 2.75) is 44.9 Å². The highest BCUT2D eigenvalue weighted by Crippen LogP contribution is 2.26. The van der Waals surface area contributed by atoms with E-state index in [1.165, 1.54) is 12.1 Å². The van der Waals surface area contributed by atoms with E-state index in [1.54, 1.807) is 60.7 Å². The molecule has 0 saturated heterocycles. The molecule has 4 aromatic rings. The van der Waals surface area contributed by atoms with Gasteiger partial charge in [-0.2, -0.15) is 0 Å². The molecule has 0 saturated carbocycles. The Kier molecular flexibility index (Phi) is 8.26. The van der Waals surface area contributed by atoms with Gasteiger partial charge in [-0.05, 0) is 61.2 Å². The molecule has 0 spiro atoms. The molecule has 206 valence electrons. The summed E-state index contributed by atoms with van der Waals surface area (Å²) in [6.45, 7) is 9.68. The number of carbonyl (C=O) groups is 2. The average Bonchev–Trinajstić information content (AvgIpc) is 2.92. The van der Waals surface area contributed by atoms with Crippen LogP contribution in [-0.4, -0.2) is 26.7 Å². The maximum Gasteiger partial charge on any atom is 0.264 e. The van der Waals surface area contributed by atoms with E-state index in [-0.39, 0.29) is 16.1 Å². The van der Waals surface area contributed by atoms with Crippen LogP contribution in [0.5, 0.6) is 0 Å². The fourth-order valence-electron chi connectivity index (χ4n) is 4.22. The maximum atomic E-state index is 13.6. The molecule has 4 rings (SSSR count). The van der Waals surface area contributed by atoms with Gasteiger partial charge in [0, 0.05) is 16.8 Å². The lowest BCUT2D eigenvalue weighted by molar-refractivity contribution is -0.114. The number of anilines is 2. The van der Waals surface area contributed by atoms with Gasteiger partial charge in [-0.1, -0.05) is 92.6 Å². The van der Waals surface area contributed by atoms with Crippen molar-refractivity contribution in [2.75, 3.05) is 16.2 Å². The second-order valence-electron chi connectivity index (χ2n) is 10.9. The van der Waals surface area contributed by atoms with Crippen LogP contribution in [0.2, 0.25) is 0 Å². The average molecular weight is 555 g/mol. The van der Waals surface area contributed by atoms with Gasteiger partial charge in [-0.3, -0.25) is 13.9 Å². The van der Waals surface area contributed by atoms with Crippen LogP contribution in [0.1, 0.15) is 53.4 Å². The third-order valence-electron chi connectivity index (χ3n) is 6.64. The van der Waals surface area contributed by atoms with E-state index in [2.05, 4.69) is 26.1 Å². The molecule has 0 fully saturated rings. The summed E-state index contributed by atoms with van der Waals surface area (Å²) in [7, 11) is -4.02. The monoisotopic (exact) mass is 554 g/mol. The number of nitrogens with one attached hydrogen (secondary N) is 1. The molecule has 1 amide bonds. The van der Waals surface area contributed by atoms with Crippen LogP contribution in [0.3, 0.4) is 0 Å². The van der Waals surface area contributed by atoms with E-state index in [0.29, 0.717) is 22.5 Å². The highest BCUT2D eigenvalue weighted by atomic mass is 32.2. The second-order valence-corrected chi connectivity index (χ2v) is 12.8. The van der Waals surface area contributed by atoms with Crippen LogP contribution in [0.4, 0.5) is 11.4 Å². The third-order valence-corrected chi connectivity index (χ3v) is 8.43. The summed E-state index contributed by atoms with van der Waals surface area (Å²) in [5, 5.41) is 2.76. The van der Waals surface area contributed by atoms with Crippen molar-refractivity contribution in [3.05, 3.63) is 125 Å². The maximum absolute atomic E-state index is 13.6. The van der Waals surface area contributed by atoms with Gasteiger partial charge in [-0.15, -0.1) is 0 Å². The number of ketones is 1. The summed E-state index contributed by atoms with van der Waals surface area (Å²) in [5.74, 6) is -0.699. The first-order valence-electron chi connectivity index (χ1n) is 13.1. The first-order valence-corrected chi connectivity index (χ1v) is 14.5. The van der Waals surface area contributed by atoms with E-state index in [0.717, 1.165) is 21.0 Å². The van der Waals surface area contributed by atoms with Crippen molar-refractivity contribution in [1.82, 2.24) is 0 Å². The zero-order valence-corrected chi connectivity index (χ0v) is 24.2. The lowest BCUT2D eigenvalue weighted by Gasteiger charge is -2.24. The van der Waals surface area contributed by atoms with Crippen molar-refractivity contribution in [3.8, 4) is 0 Å². The Morgan fingerprint density at radius 3 is 1.90 bits per heavy atom. The highest BCUT2D eigenvalue weighted by Gasteiger charge is 2.27. The SMILES string of the molecule is Cc1ccc(N(CC(=O)Nc2cccc(C(=O)c3ccc(C(C)(C)C)cc3)c2)S(=O)(=O)c2ccc(C)cc2)cc1. The van der Waals surface area contributed by atoms with Crippen LogP contribution in [0, 0.1) is 13.8 Å². The number of aryl methyl sites for hydroxylation is 2. The molecule has 0 aromatic heterocycles. The first-order chi connectivity index (χ1) is 18.8. The molecule has 0 bridgehead atoms. The van der Waals surface area contributed by atoms with Crippen molar-refractivity contribution < 1.29 is 18.0 Å². The molecule has 0 aliphatic carbocycles. The number of benzene rings is 4. The summed E-state index contributed by atoms with van der Waals surface area (Å²) >= 11 is 0. The molecule has 0 aliphatic heterocycles. The van der Waals surface area contributed by atoms with Gasteiger partial charge in [0.05, 0.1) is 10.6 Å². The Morgan fingerprint density at radius 2 is 1.32 bits per heavy atom. The van der Waals surface area contributed by atoms with E-state index < -0.39 is 22.5 Å². The number of sulfonamides is 1. The van der Waals surface area contributed by atoms with Gasteiger partial charge in [0.25, 0.3) is 10.0 Å². The van der Waals surface area contributed by atoms with Crippen molar-refractivity contribution in [1.29, 1.82) is 0 Å². The van der Waals surface area contributed by atoms with Crippen LogP contribution in [-0.2, 0) is 20.2 Å². The zero-order valence-electron chi connectivity index (χ0n) is 23.4. The lowest BCUT2D eigenvalue weighted by Crippen LogP contribution is -2.38. The van der Waals surface area contributed by atoms with Crippen molar-refractivity contribution >= 4 is 33.1 Å². The largest absolute Gasteiger partial charge is 0.324 e. The van der Waals surface area contributed by atoms with Gasteiger partial charge >= 0.3 is 0 Å². The number of amides is 1. The topological polar surface area (TPSA) is 83.6 Å². The predicted octanol–water partition coefficient (Wildman–Crippen LogP) is 6.67. The summed E-state index contributed by atoms with van der Waals surface area (Å²) in [4.78, 5) is 26.4. The molecule has 40 heavy (non-hydrogen) atoms. The molecular formula is C33H34N2O4S. The second kappa shape index (κ2) is 11.5. The molecule has 1 N–H and O–H groups in total. The molecular weight excluding hydrogens is 520 g/mol. The molecule has 0 unspecified atom stereocenters. The summed E-state index contributed by atoms with van der Waals surface area (Å²) in [5.41, 5.74) is 4.75. The van der Waals surface area contributed by atoms with Gasteiger partial charge in [0.1, 0.15) is 6.54 Å². The Morgan fingerprint density at radius 1 is 0.750 bits per heavy atom. The van der Waals surface area contributed by atoms with E-state index in [4.69, 9.17) is 0 Å². The lowest BCUT2D eigenvalue weighted by atomic mass is 9.86. The Balaban J connectivity index is 1.56. The predicted molar refractivity (Wildman–Crippen MR) is 161 cm³/mol. The minimum Gasteiger partial charge on any atom is -0.324 e. The van der Waals surface area contributed by atoms with Crippen LogP contribution < -0.4 is 9.62 Å². The highest BCUT2D eigenvalue weighted by molar-refractivity contribution is 7.92. The van der Waals surface area contributed by atoms with E-state index in [1.807, 2.05) is 38.1 Å². The normalized spacial score (nSPS) is 11.6. The molecule has 0 radical (unpaired) electrons.